The van der Waals surface area contributed by atoms with Gasteiger partial charge >= 0.3 is 6.36 Å². The second kappa shape index (κ2) is 8.45. The van der Waals surface area contributed by atoms with Crippen LogP contribution in [0.1, 0.15) is 29.6 Å². The van der Waals surface area contributed by atoms with Crippen molar-refractivity contribution in [3.63, 3.8) is 0 Å². The van der Waals surface area contributed by atoms with Gasteiger partial charge in [0.1, 0.15) is 5.75 Å². The smallest absolute Gasteiger partial charge is 0.406 e. The molecule has 1 aromatic carbocycles. The summed E-state index contributed by atoms with van der Waals surface area (Å²) >= 11 is 0. The Morgan fingerprint density at radius 3 is 2.47 bits per heavy atom. The molecule has 1 N–H and O–H groups in total. The fraction of sp³-hybridized carbons (Fsp3) is 0.619. The van der Waals surface area contributed by atoms with Crippen molar-refractivity contribution in [2.45, 2.75) is 25.6 Å². The van der Waals surface area contributed by atoms with Gasteiger partial charge in [0, 0.05) is 38.3 Å². The van der Waals surface area contributed by atoms with Gasteiger partial charge in [-0.25, -0.2) is 0 Å². The van der Waals surface area contributed by atoms with Gasteiger partial charge in [-0.05, 0) is 55.2 Å². The van der Waals surface area contributed by atoms with E-state index in [2.05, 4.69) is 15.0 Å². The molecule has 1 saturated carbocycles. The van der Waals surface area contributed by atoms with Crippen LogP contribution in [0.2, 0.25) is 0 Å². The number of carbonyl (C=O) groups is 2. The SMILES string of the molecule is O=C(NCC1C2CN(CC(=O)N3CCCCC3)CC12)c1cccc(OC(F)(F)F)c1. The summed E-state index contributed by atoms with van der Waals surface area (Å²) in [6, 6.07) is 5.07. The van der Waals surface area contributed by atoms with E-state index in [1.165, 1.54) is 18.6 Å². The Morgan fingerprint density at radius 1 is 1.10 bits per heavy atom. The highest BCUT2D eigenvalue weighted by Gasteiger charge is 2.55. The van der Waals surface area contributed by atoms with E-state index in [4.69, 9.17) is 0 Å². The molecule has 2 aliphatic heterocycles. The zero-order valence-corrected chi connectivity index (χ0v) is 16.7. The number of rotatable bonds is 6. The lowest BCUT2D eigenvalue weighted by molar-refractivity contribution is -0.274. The number of halogens is 3. The Kier molecular flexibility index (Phi) is 5.90. The van der Waals surface area contributed by atoms with Crippen LogP contribution < -0.4 is 10.1 Å². The van der Waals surface area contributed by atoms with E-state index in [1.807, 2.05) is 4.90 Å². The van der Waals surface area contributed by atoms with Gasteiger partial charge in [0.2, 0.25) is 5.91 Å². The van der Waals surface area contributed by atoms with Crippen LogP contribution in [0.3, 0.4) is 0 Å². The number of hydrogen-bond acceptors (Lipinski definition) is 4. The first-order valence-electron chi connectivity index (χ1n) is 10.4. The second-order valence-corrected chi connectivity index (χ2v) is 8.41. The average Bonchev–Trinajstić information content (AvgIpc) is 3.16. The Hall–Kier alpha value is -2.29. The molecule has 9 heteroatoms. The molecule has 2 heterocycles. The molecule has 2 unspecified atom stereocenters. The quantitative estimate of drug-likeness (QED) is 0.761. The van der Waals surface area contributed by atoms with Gasteiger partial charge in [-0.2, -0.15) is 0 Å². The van der Waals surface area contributed by atoms with Crippen molar-refractivity contribution in [3.8, 4) is 5.75 Å². The highest BCUT2D eigenvalue weighted by molar-refractivity contribution is 5.94. The topological polar surface area (TPSA) is 61.9 Å². The third-order valence-electron chi connectivity index (χ3n) is 6.34. The minimum atomic E-state index is -4.79. The van der Waals surface area contributed by atoms with Gasteiger partial charge in [0.25, 0.3) is 5.91 Å². The molecule has 30 heavy (non-hydrogen) atoms. The molecule has 164 valence electrons. The highest BCUT2D eigenvalue weighted by Crippen LogP contribution is 2.51. The summed E-state index contributed by atoms with van der Waals surface area (Å²) in [4.78, 5) is 28.8. The first-order chi connectivity index (χ1) is 14.3. The van der Waals surface area contributed by atoms with Crippen molar-refractivity contribution >= 4 is 11.8 Å². The third-order valence-corrected chi connectivity index (χ3v) is 6.34. The maximum Gasteiger partial charge on any atom is 0.573 e. The number of nitrogens with zero attached hydrogens (tertiary/aromatic N) is 2. The molecule has 0 aromatic heterocycles. The molecule has 2 amide bonds. The van der Waals surface area contributed by atoms with Gasteiger partial charge in [0.15, 0.2) is 0 Å². The number of nitrogens with one attached hydrogen (secondary N) is 1. The summed E-state index contributed by atoms with van der Waals surface area (Å²) in [7, 11) is 0. The Bertz CT molecular complexity index is 783. The Balaban J connectivity index is 1.20. The molecule has 1 aromatic rings. The predicted octanol–water partition coefficient (Wildman–Crippen LogP) is 2.51. The van der Waals surface area contributed by atoms with Gasteiger partial charge < -0.3 is 15.0 Å². The lowest BCUT2D eigenvalue weighted by atomic mass is 10.1. The number of ether oxygens (including phenoxy) is 1. The lowest BCUT2D eigenvalue weighted by Crippen LogP contribution is -2.43. The molecule has 0 spiro atoms. The van der Waals surface area contributed by atoms with E-state index in [1.54, 1.807) is 0 Å². The number of benzene rings is 1. The van der Waals surface area contributed by atoms with Crippen LogP contribution in [-0.2, 0) is 4.79 Å². The third kappa shape index (κ3) is 5.06. The van der Waals surface area contributed by atoms with Crippen LogP contribution in [0, 0.1) is 17.8 Å². The molecule has 3 aliphatic rings. The van der Waals surface area contributed by atoms with Gasteiger partial charge in [-0.1, -0.05) is 6.07 Å². The van der Waals surface area contributed by atoms with Crippen molar-refractivity contribution in [1.29, 1.82) is 0 Å². The Morgan fingerprint density at radius 2 is 1.80 bits per heavy atom. The van der Waals surface area contributed by atoms with Crippen molar-refractivity contribution in [3.05, 3.63) is 29.8 Å². The van der Waals surface area contributed by atoms with E-state index < -0.39 is 18.0 Å². The first-order valence-corrected chi connectivity index (χ1v) is 10.4. The molecule has 1 aliphatic carbocycles. The number of piperidine rings is 2. The minimum absolute atomic E-state index is 0.135. The van der Waals surface area contributed by atoms with Gasteiger partial charge in [-0.3, -0.25) is 14.5 Å². The van der Waals surface area contributed by atoms with Gasteiger partial charge in [0.05, 0.1) is 6.54 Å². The van der Waals surface area contributed by atoms with Crippen molar-refractivity contribution in [2.24, 2.45) is 17.8 Å². The van der Waals surface area contributed by atoms with E-state index >= 15 is 0 Å². The minimum Gasteiger partial charge on any atom is -0.406 e. The molecule has 0 radical (unpaired) electrons. The summed E-state index contributed by atoms with van der Waals surface area (Å²) in [5, 5.41) is 2.82. The van der Waals surface area contributed by atoms with Crippen LogP contribution in [0.5, 0.6) is 5.75 Å². The second-order valence-electron chi connectivity index (χ2n) is 8.41. The largest absolute Gasteiger partial charge is 0.573 e. The number of carbonyl (C=O) groups excluding carboxylic acids is 2. The molecular weight excluding hydrogens is 399 g/mol. The summed E-state index contributed by atoms with van der Waals surface area (Å²) in [6.07, 6.45) is -1.42. The maximum atomic E-state index is 12.4. The fourth-order valence-electron chi connectivity index (χ4n) is 4.75. The summed E-state index contributed by atoms with van der Waals surface area (Å²) in [5.74, 6) is 0.697. The summed E-state index contributed by atoms with van der Waals surface area (Å²) < 4.78 is 40.9. The monoisotopic (exact) mass is 425 g/mol. The first kappa shape index (κ1) is 21.0. The van der Waals surface area contributed by atoms with E-state index in [-0.39, 0.29) is 11.5 Å². The van der Waals surface area contributed by atoms with Crippen LogP contribution in [0.4, 0.5) is 13.2 Å². The number of hydrogen-bond donors (Lipinski definition) is 1. The fourth-order valence-corrected chi connectivity index (χ4v) is 4.75. The van der Waals surface area contributed by atoms with E-state index in [9.17, 15) is 22.8 Å². The van der Waals surface area contributed by atoms with Crippen LogP contribution in [-0.4, -0.2) is 67.2 Å². The highest BCUT2D eigenvalue weighted by atomic mass is 19.4. The zero-order chi connectivity index (χ0) is 21.3. The normalized spacial score (nSPS) is 26.2. The summed E-state index contributed by atoms with van der Waals surface area (Å²) in [6.45, 7) is 4.41. The van der Waals surface area contributed by atoms with Crippen molar-refractivity contribution in [1.82, 2.24) is 15.1 Å². The summed E-state index contributed by atoms with van der Waals surface area (Å²) in [5.41, 5.74) is 0.135. The number of fused-ring (bicyclic) bond motifs is 1. The number of amides is 2. The van der Waals surface area contributed by atoms with Crippen LogP contribution >= 0.6 is 0 Å². The van der Waals surface area contributed by atoms with E-state index in [0.717, 1.165) is 51.2 Å². The molecule has 0 bridgehead atoms. The van der Waals surface area contributed by atoms with Crippen molar-refractivity contribution in [2.75, 3.05) is 39.3 Å². The molecule has 2 atom stereocenters. The van der Waals surface area contributed by atoms with Gasteiger partial charge in [-0.15, -0.1) is 13.2 Å². The zero-order valence-electron chi connectivity index (χ0n) is 16.7. The average molecular weight is 425 g/mol. The van der Waals surface area contributed by atoms with Crippen LogP contribution in [0.15, 0.2) is 24.3 Å². The molecule has 3 fully saturated rings. The molecule has 4 rings (SSSR count). The van der Waals surface area contributed by atoms with Crippen molar-refractivity contribution < 1.29 is 27.5 Å². The number of alkyl halides is 3. The molecular formula is C21H26F3N3O3. The molecule has 2 saturated heterocycles. The van der Waals surface area contributed by atoms with E-state index in [0.29, 0.717) is 30.8 Å². The number of likely N-dealkylation sites (tertiary alicyclic amines) is 2. The predicted molar refractivity (Wildman–Crippen MR) is 103 cm³/mol. The standard InChI is InChI=1S/C21H26F3N3O3/c22-21(23,24)30-15-6-4-5-14(9-15)20(29)25-10-16-17-11-26(12-18(16)17)13-19(28)27-7-2-1-3-8-27/h4-6,9,16-18H,1-3,7-8,10-13H2,(H,25,29). The lowest BCUT2D eigenvalue weighted by Gasteiger charge is -2.29. The van der Waals surface area contributed by atoms with Crippen LogP contribution in [0.25, 0.3) is 0 Å². The Labute approximate surface area is 173 Å². The maximum absolute atomic E-state index is 12.4. The molecule has 6 nitrogen and oxygen atoms in total.